The zero-order chi connectivity index (χ0) is 85.5. The van der Waals surface area contributed by atoms with Crippen LogP contribution in [0.1, 0.15) is 91.4 Å². The number of hydrogen-bond donors (Lipinski definition) is 18. The monoisotopic (exact) mass is 1710 g/mol. The van der Waals surface area contributed by atoms with Crippen molar-refractivity contribution in [2.75, 3.05) is 231 Å². The number of rotatable bonds is 68. The van der Waals surface area contributed by atoms with Gasteiger partial charge >= 0.3 is 0 Å². The molecular formula is C73H135N9O34S. The van der Waals surface area contributed by atoms with Gasteiger partial charge in [0, 0.05) is 86.0 Å². The summed E-state index contributed by atoms with van der Waals surface area (Å²) in [6.07, 6.45) is -10.2. The Kier molecular flexibility index (Phi) is 55.6. The van der Waals surface area contributed by atoms with Gasteiger partial charge in [-0.25, -0.2) is 13.1 Å². The van der Waals surface area contributed by atoms with Crippen molar-refractivity contribution in [3.63, 3.8) is 0 Å². The molecule has 7 amide bonds. The van der Waals surface area contributed by atoms with Crippen molar-refractivity contribution in [1.29, 1.82) is 0 Å². The van der Waals surface area contributed by atoms with E-state index in [4.69, 9.17) is 75.8 Å². The smallest absolute Gasteiger partial charge is 0.246 e. The Morgan fingerprint density at radius 2 is 0.658 bits per heavy atom. The molecule has 4 fully saturated rings. The SMILES string of the molecule is CC(=O)N[C@@H]1[C@@H](O)[C@@H](O)[C@@H](CO)O[C@@H]1CCCOCCOCCNC(=O)CCOCC(COCCC(=O)NCCOCCOCCC[C@H]1O[C@H](CO)[C@H](O)[C@H](O)[C@H]1NC(C)=O)(COCCC(=O)NCCOCCOCCC[C@H]1O[C@H](CO)[C@H](O)[C@H](O)[C@H]1NC(C)=O)NC(=O)COCCOCCOCCOCCNS(=O)(=O)C1CCNCC1. The molecule has 4 heterocycles. The summed E-state index contributed by atoms with van der Waals surface area (Å²) in [5, 5.41) is 113. The number of hydrogen-bond acceptors (Lipinski definition) is 35. The van der Waals surface area contributed by atoms with Crippen molar-refractivity contribution >= 4 is 51.4 Å². The lowest BCUT2D eigenvalue weighted by Crippen LogP contribution is -2.63. The van der Waals surface area contributed by atoms with Crippen molar-refractivity contribution in [3.05, 3.63) is 0 Å². The molecule has 15 atom stereocenters. The Balaban J connectivity index is 1.27. The van der Waals surface area contributed by atoms with E-state index in [0.717, 1.165) is 0 Å². The van der Waals surface area contributed by atoms with Crippen LogP contribution in [0.4, 0.5) is 0 Å². The molecule has 0 unspecified atom stereocenters. The van der Waals surface area contributed by atoms with Crippen molar-refractivity contribution < 1.29 is 164 Å². The molecule has 0 saturated carbocycles. The summed E-state index contributed by atoms with van der Waals surface area (Å²) in [7, 11) is -3.43. The topological polar surface area (TPSA) is 592 Å². The summed E-state index contributed by atoms with van der Waals surface area (Å²) in [6.45, 7) is 5.81. The maximum Gasteiger partial charge on any atom is 0.246 e. The van der Waals surface area contributed by atoms with Crippen LogP contribution in [-0.4, -0.2) is 429 Å². The fraction of sp³-hybridized carbons (Fsp3) is 0.904. The molecule has 4 saturated heterocycles. The second kappa shape index (κ2) is 62.3. The van der Waals surface area contributed by atoms with Gasteiger partial charge in [-0.05, 0) is 64.5 Å². The second-order valence-electron chi connectivity index (χ2n) is 28.5. The number of ether oxygens (including phenoxy) is 16. The number of amides is 7. The predicted molar refractivity (Wildman–Crippen MR) is 411 cm³/mol. The van der Waals surface area contributed by atoms with E-state index in [9.17, 15) is 87.9 Å². The molecule has 0 aliphatic carbocycles. The largest absolute Gasteiger partial charge is 0.394 e. The highest BCUT2D eigenvalue weighted by molar-refractivity contribution is 7.90. The third kappa shape index (κ3) is 44.2. The van der Waals surface area contributed by atoms with Crippen molar-refractivity contribution in [2.45, 2.75) is 194 Å². The minimum atomic E-state index is -3.43. The summed E-state index contributed by atoms with van der Waals surface area (Å²) >= 11 is 0. The molecule has 0 bridgehead atoms. The molecule has 4 rings (SSSR count). The van der Waals surface area contributed by atoms with E-state index in [-0.39, 0.29) is 211 Å². The van der Waals surface area contributed by atoms with Gasteiger partial charge in [-0.15, -0.1) is 0 Å². The van der Waals surface area contributed by atoms with E-state index in [1.807, 2.05) is 0 Å². The van der Waals surface area contributed by atoms with Crippen LogP contribution in [0.2, 0.25) is 0 Å². The average molecular weight is 1710 g/mol. The molecule has 43 nitrogen and oxygen atoms in total. The number of carbonyl (C=O) groups excluding carboxylic acids is 7. The van der Waals surface area contributed by atoms with Crippen LogP contribution in [0, 0.1) is 0 Å². The highest BCUT2D eigenvalue weighted by atomic mass is 32.2. The second-order valence-corrected chi connectivity index (χ2v) is 30.5. The van der Waals surface area contributed by atoms with E-state index in [1.165, 1.54) is 20.8 Å². The fourth-order valence-corrected chi connectivity index (χ4v) is 14.4. The maximum absolute atomic E-state index is 13.8. The Morgan fingerprint density at radius 3 is 0.966 bits per heavy atom. The molecule has 18 N–H and O–H groups in total. The van der Waals surface area contributed by atoms with E-state index in [2.05, 4.69) is 47.3 Å². The van der Waals surface area contributed by atoms with Gasteiger partial charge in [0.25, 0.3) is 0 Å². The number of nitrogens with one attached hydrogen (secondary N) is 9. The number of carbonyl (C=O) groups is 7. The summed E-state index contributed by atoms with van der Waals surface area (Å²) in [6, 6.07) is -2.67. The van der Waals surface area contributed by atoms with E-state index < -0.39 is 180 Å². The Labute approximate surface area is 684 Å². The predicted octanol–water partition coefficient (Wildman–Crippen LogP) is -8.45. The summed E-state index contributed by atoms with van der Waals surface area (Å²) in [5.41, 5.74) is -1.51. The molecule has 0 aromatic carbocycles. The summed E-state index contributed by atoms with van der Waals surface area (Å²) < 4.78 is 119. The highest BCUT2D eigenvalue weighted by Crippen LogP contribution is 2.28. The van der Waals surface area contributed by atoms with Gasteiger partial charge in [-0.3, -0.25) is 33.6 Å². The zero-order valence-corrected chi connectivity index (χ0v) is 68.7. The van der Waals surface area contributed by atoms with Gasteiger partial charge < -0.3 is 164 Å². The average Bonchev–Trinajstić information content (AvgIpc) is 0.820. The van der Waals surface area contributed by atoms with Gasteiger partial charge in [0.1, 0.15) is 67.1 Å². The molecule has 0 aromatic rings. The van der Waals surface area contributed by atoms with E-state index in [1.54, 1.807) is 0 Å². The molecule has 0 radical (unpaired) electrons. The van der Waals surface area contributed by atoms with Crippen LogP contribution >= 0.6 is 0 Å². The third-order valence-corrected chi connectivity index (χ3v) is 20.9. The molecule has 682 valence electrons. The Morgan fingerprint density at radius 1 is 0.368 bits per heavy atom. The lowest BCUT2D eigenvalue weighted by atomic mass is 9.90. The molecule has 44 heteroatoms. The molecule has 4 aliphatic rings. The molecule has 0 spiro atoms. The normalized spacial score (nSPS) is 24.5. The number of aliphatic hydroxyl groups excluding tert-OH is 9. The fourth-order valence-electron chi connectivity index (χ4n) is 12.9. The van der Waals surface area contributed by atoms with Crippen LogP contribution in [0.25, 0.3) is 0 Å². The van der Waals surface area contributed by atoms with Crippen molar-refractivity contribution in [2.24, 2.45) is 0 Å². The lowest BCUT2D eigenvalue weighted by molar-refractivity contribution is -0.197. The first-order valence-corrected chi connectivity index (χ1v) is 41.9. The van der Waals surface area contributed by atoms with Gasteiger partial charge in [0.2, 0.25) is 51.4 Å². The summed E-state index contributed by atoms with van der Waals surface area (Å²) in [5.74, 6) is -3.08. The minimum absolute atomic E-state index is 0.00765. The van der Waals surface area contributed by atoms with Crippen LogP contribution in [0.5, 0.6) is 0 Å². The van der Waals surface area contributed by atoms with Crippen molar-refractivity contribution in [3.8, 4) is 0 Å². The first-order valence-electron chi connectivity index (χ1n) is 40.3. The maximum atomic E-state index is 13.8. The minimum Gasteiger partial charge on any atom is -0.394 e. The Bertz CT molecular complexity index is 2600. The zero-order valence-electron chi connectivity index (χ0n) is 67.9. The van der Waals surface area contributed by atoms with Crippen LogP contribution in [0.15, 0.2) is 0 Å². The van der Waals surface area contributed by atoms with Gasteiger partial charge in [-0.2, -0.15) is 0 Å². The van der Waals surface area contributed by atoms with Gasteiger partial charge in [0.05, 0.1) is 207 Å². The van der Waals surface area contributed by atoms with Crippen LogP contribution in [-0.2, 0) is 119 Å². The Hall–Kier alpha value is -4.84. The first kappa shape index (κ1) is 105. The van der Waals surface area contributed by atoms with Crippen LogP contribution < -0.4 is 47.3 Å². The summed E-state index contributed by atoms with van der Waals surface area (Å²) in [4.78, 5) is 88.3. The van der Waals surface area contributed by atoms with Gasteiger partial charge in [-0.1, -0.05) is 0 Å². The number of piperidine rings is 1. The molecular weight excluding hydrogens is 1580 g/mol. The van der Waals surface area contributed by atoms with E-state index in [0.29, 0.717) is 64.5 Å². The molecule has 117 heavy (non-hydrogen) atoms. The van der Waals surface area contributed by atoms with E-state index >= 15 is 0 Å². The van der Waals surface area contributed by atoms with Crippen LogP contribution in [0.3, 0.4) is 0 Å². The molecule has 4 aliphatic heterocycles. The number of sulfonamides is 1. The highest BCUT2D eigenvalue weighted by Gasteiger charge is 2.47. The number of aliphatic hydroxyl groups is 9. The third-order valence-electron chi connectivity index (χ3n) is 18.9. The quantitative estimate of drug-likeness (QED) is 0.0252. The standard InChI is InChI=1S/C73H135N9O34S/c1-50(86)79-64-54(114-57(43-83)67(93)70(64)96)7-4-21-101-31-34-104-27-17-75-60(89)12-24-111-47-73(82-63(92)46-110-42-41-109-40-39-108-38-37-107-30-20-78-117(99,100)53-10-15-74-16-11-53,48-112-25-13-61(90)76-18-28-105-35-32-102-22-5-8-55-65(80-51(2)87)71(97)68(94)58(44-84)115-55)49-113-26-14-62(91)77-19-29-106-36-33-103-23-6-9-56-66(81-52(3)88)72(98)69(95)59(45-85)116-56/h53-59,64-72,74,78,83-85,93-98H,4-49H2,1-3H3,(H,75,89)(H,76,90)(H,77,91)(H,79,86)(H,80,87)(H,81,88)(H,82,92)/t54-,55-,56-,57-,58-,59-,64+,65+,66+,67+,68+,69+,70-,71-,72-/m1/s1. The lowest BCUT2D eigenvalue weighted by Gasteiger charge is -2.42. The van der Waals surface area contributed by atoms with Gasteiger partial charge in [0.15, 0.2) is 0 Å². The first-order chi connectivity index (χ1) is 56.3. The molecule has 0 aromatic heterocycles. The van der Waals surface area contributed by atoms with Crippen molar-refractivity contribution in [1.82, 2.24) is 47.3 Å².